The molecule has 1 aromatic heterocycles. The highest BCUT2D eigenvalue weighted by molar-refractivity contribution is 5.86. The third kappa shape index (κ3) is 4.73. The van der Waals surface area contributed by atoms with Crippen molar-refractivity contribution in [3.8, 4) is 0 Å². The van der Waals surface area contributed by atoms with Crippen molar-refractivity contribution in [3.63, 3.8) is 0 Å². The van der Waals surface area contributed by atoms with Gasteiger partial charge in [-0.05, 0) is 30.4 Å². The molecule has 0 aliphatic rings. The lowest BCUT2D eigenvalue weighted by atomic mass is 10.1. The molecule has 0 bridgehead atoms. The number of fused-ring (bicyclic) bond motifs is 1. The smallest absolute Gasteiger partial charge is 0.326 e. The highest BCUT2D eigenvalue weighted by Crippen LogP contribution is 2.14. The van der Waals surface area contributed by atoms with Crippen LogP contribution >= 0.6 is 0 Å². The normalized spacial score (nSPS) is 11.8. The van der Waals surface area contributed by atoms with Crippen LogP contribution in [-0.4, -0.2) is 40.2 Å². The van der Waals surface area contributed by atoms with E-state index in [2.05, 4.69) is 10.6 Å². The molecule has 2 rings (SSSR count). The Bertz CT molecular complexity index is 741. The number of rotatable bonds is 8. The molecule has 1 aromatic carbocycles. The van der Waals surface area contributed by atoms with Crippen LogP contribution in [0.2, 0.25) is 0 Å². The van der Waals surface area contributed by atoms with Crippen molar-refractivity contribution in [2.45, 2.75) is 25.4 Å². The zero-order chi connectivity index (χ0) is 17.5. The van der Waals surface area contributed by atoms with Gasteiger partial charge in [-0.15, -0.1) is 0 Å². The molecule has 1 heterocycles. The summed E-state index contributed by atoms with van der Waals surface area (Å²) in [4.78, 5) is 33.9. The molecule has 128 valence electrons. The lowest BCUT2D eigenvalue weighted by Crippen LogP contribution is -2.42. The first-order valence-electron chi connectivity index (χ1n) is 7.56. The van der Waals surface area contributed by atoms with Crippen LogP contribution in [0.1, 0.15) is 12.8 Å². The van der Waals surface area contributed by atoms with Crippen LogP contribution in [0.5, 0.6) is 0 Å². The van der Waals surface area contributed by atoms with E-state index in [0.717, 1.165) is 10.9 Å². The Labute approximate surface area is 138 Å². The number of benzene rings is 1. The Morgan fingerprint density at radius 3 is 2.67 bits per heavy atom. The van der Waals surface area contributed by atoms with Gasteiger partial charge >= 0.3 is 12.0 Å². The van der Waals surface area contributed by atoms with Crippen molar-refractivity contribution in [1.29, 1.82) is 0 Å². The third-order valence-electron chi connectivity index (χ3n) is 3.60. The Kier molecular flexibility index (Phi) is 5.78. The number of carboxylic acid groups (broad SMARTS) is 1. The summed E-state index contributed by atoms with van der Waals surface area (Å²) in [5.41, 5.74) is 5.84. The second kappa shape index (κ2) is 8.00. The maximum atomic E-state index is 12.1. The highest BCUT2D eigenvalue weighted by atomic mass is 16.4. The van der Waals surface area contributed by atoms with Crippen molar-refractivity contribution in [2.75, 3.05) is 6.54 Å². The van der Waals surface area contributed by atoms with E-state index in [1.165, 1.54) is 0 Å². The Morgan fingerprint density at radius 1 is 1.21 bits per heavy atom. The SMILES string of the molecule is NC(=O)NCCC[C@@H](NC(=O)Cn1ccc2ccccc21)C(=O)O. The molecule has 0 aliphatic heterocycles. The van der Waals surface area contributed by atoms with E-state index < -0.39 is 18.0 Å². The number of hydrogen-bond acceptors (Lipinski definition) is 3. The predicted molar refractivity (Wildman–Crippen MR) is 88.3 cm³/mol. The number of nitrogens with zero attached hydrogens (tertiary/aromatic N) is 1. The fourth-order valence-corrected chi connectivity index (χ4v) is 2.45. The molecule has 0 radical (unpaired) electrons. The van der Waals surface area contributed by atoms with Gasteiger partial charge in [0.25, 0.3) is 0 Å². The summed E-state index contributed by atoms with van der Waals surface area (Å²) in [5.74, 6) is -1.49. The molecular formula is C16H20N4O4. The maximum Gasteiger partial charge on any atom is 0.326 e. The third-order valence-corrected chi connectivity index (χ3v) is 3.60. The number of urea groups is 1. The number of aliphatic carboxylic acids is 1. The number of aromatic nitrogens is 1. The number of carbonyl (C=O) groups excluding carboxylic acids is 2. The first-order valence-corrected chi connectivity index (χ1v) is 7.56. The minimum atomic E-state index is -1.11. The summed E-state index contributed by atoms with van der Waals surface area (Å²) in [6.07, 6.45) is 2.39. The average Bonchev–Trinajstić information content (AvgIpc) is 2.93. The van der Waals surface area contributed by atoms with E-state index in [1.807, 2.05) is 30.3 Å². The van der Waals surface area contributed by atoms with Gasteiger partial charge in [-0.3, -0.25) is 4.79 Å². The van der Waals surface area contributed by atoms with Crippen LogP contribution in [0, 0.1) is 0 Å². The lowest BCUT2D eigenvalue weighted by Gasteiger charge is -2.15. The van der Waals surface area contributed by atoms with Crippen LogP contribution < -0.4 is 16.4 Å². The van der Waals surface area contributed by atoms with Gasteiger partial charge in [0.05, 0.1) is 0 Å². The molecule has 3 amide bonds. The number of amides is 3. The van der Waals surface area contributed by atoms with Gasteiger partial charge in [-0.2, -0.15) is 0 Å². The van der Waals surface area contributed by atoms with Gasteiger partial charge in [-0.25, -0.2) is 9.59 Å². The largest absolute Gasteiger partial charge is 0.480 e. The lowest BCUT2D eigenvalue weighted by molar-refractivity contribution is -0.142. The number of nitrogens with one attached hydrogen (secondary N) is 2. The maximum absolute atomic E-state index is 12.1. The van der Waals surface area contributed by atoms with E-state index >= 15 is 0 Å². The van der Waals surface area contributed by atoms with Gasteiger partial charge in [0.2, 0.25) is 5.91 Å². The van der Waals surface area contributed by atoms with Gasteiger partial charge < -0.3 is 26.0 Å². The molecule has 0 fully saturated rings. The quantitative estimate of drug-likeness (QED) is 0.530. The summed E-state index contributed by atoms with van der Waals surface area (Å²) >= 11 is 0. The molecule has 24 heavy (non-hydrogen) atoms. The second-order valence-electron chi connectivity index (χ2n) is 5.39. The van der Waals surface area contributed by atoms with Crippen LogP contribution in [0.15, 0.2) is 36.5 Å². The van der Waals surface area contributed by atoms with Crippen LogP contribution in [0.3, 0.4) is 0 Å². The van der Waals surface area contributed by atoms with E-state index in [4.69, 9.17) is 5.73 Å². The number of primary amides is 1. The van der Waals surface area contributed by atoms with Crippen molar-refractivity contribution < 1.29 is 19.5 Å². The monoisotopic (exact) mass is 332 g/mol. The molecule has 1 atom stereocenters. The zero-order valence-electron chi connectivity index (χ0n) is 13.1. The topological polar surface area (TPSA) is 126 Å². The minimum Gasteiger partial charge on any atom is -0.480 e. The van der Waals surface area contributed by atoms with E-state index in [1.54, 1.807) is 10.8 Å². The number of para-hydroxylation sites is 1. The number of carboxylic acids is 1. The minimum absolute atomic E-state index is 0.0385. The van der Waals surface area contributed by atoms with Crippen LogP contribution in [-0.2, 0) is 16.1 Å². The molecular weight excluding hydrogens is 312 g/mol. The van der Waals surface area contributed by atoms with Gasteiger partial charge in [-0.1, -0.05) is 18.2 Å². The number of nitrogens with two attached hydrogens (primary N) is 1. The van der Waals surface area contributed by atoms with Crippen LogP contribution in [0.25, 0.3) is 10.9 Å². The van der Waals surface area contributed by atoms with Crippen molar-refractivity contribution in [2.24, 2.45) is 5.73 Å². The molecule has 0 unspecified atom stereocenters. The van der Waals surface area contributed by atoms with Gasteiger partial charge in [0.15, 0.2) is 0 Å². The summed E-state index contributed by atoms with van der Waals surface area (Å²) in [5, 5.41) is 15.1. The summed E-state index contributed by atoms with van der Waals surface area (Å²) in [6, 6.07) is 7.85. The average molecular weight is 332 g/mol. The number of hydrogen-bond donors (Lipinski definition) is 4. The molecule has 8 nitrogen and oxygen atoms in total. The molecule has 0 aliphatic carbocycles. The highest BCUT2D eigenvalue weighted by Gasteiger charge is 2.19. The molecule has 2 aromatic rings. The van der Waals surface area contributed by atoms with Crippen LogP contribution in [0.4, 0.5) is 4.79 Å². The predicted octanol–water partition coefficient (Wildman–Crippen LogP) is 0.659. The van der Waals surface area contributed by atoms with Crippen molar-refractivity contribution >= 4 is 28.8 Å². The van der Waals surface area contributed by atoms with E-state index in [9.17, 15) is 19.5 Å². The zero-order valence-corrected chi connectivity index (χ0v) is 13.1. The van der Waals surface area contributed by atoms with E-state index in [-0.39, 0.29) is 25.4 Å². The Balaban J connectivity index is 1.90. The molecule has 0 saturated heterocycles. The first-order chi connectivity index (χ1) is 11.5. The molecule has 0 saturated carbocycles. The van der Waals surface area contributed by atoms with Gasteiger partial charge in [0, 0.05) is 18.3 Å². The van der Waals surface area contributed by atoms with Crippen molar-refractivity contribution in [1.82, 2.24) is 15.2 Å². The summed E-state index contributed by atoms with van der Waals surface area (Å²) in [6.45, 7) is 0.300. The molecule has 8 heteroatoms. The summed E-state index contributed by atoms with van der Waals surface area (Å²) < 4.78 is 1.76. The Hall–Kier alpha value is -3.03. The first kappa shape index (κ1) is 17.3. The fourth-order valence-electron chi connectivity index (χ4n) is 2.45. The second-order valence-corrected chi connectivity index (χ2v) is 5.39. The Morgan fingerprint density at radius 2 is 1.96 bits per heavy atom. The number of carbonyl (C=O) groups is 3. The van der Waals surface area contributed by atoms with E-state index in [0.29, 0.717) is 6.42 Å². The summed E-state index contributed by atoms with van der Waals surface area (Å²) in [7, 11) is 0. The standard InChI is InChI=1S/C16H20N4O4/c17-16(24)18-8-3-5-12(15(22)23)19-14(21)10-20-9-7-11-4-1-2-6-13(11)20/h1-2,4,6-7,9,12H,3,5,8,10H2,(H,19,21)(H,22,23)(H3,17,18,24)/t12-/m1/s1. The van der Waals surface area contributed by atoms with Crippen molar-refractivity contribution in [3.05, 3.63) is 36.5 Å². The molecule has 0 spiro atoms. The molecule has 5 N–H and O–H groups in total. The van der Waals surface area contributed by atoms with Gasteiger partial charge in [0.1, 0.15) is 12.6 Å². The fraction of sp³-hybridized carbons (Fsp3) is 0.312.